The molecule has 20 heavy (non-hydrogen) atoms. The minimum atomic E-state index is -0.415. The Bertz CT molecular complexity index is 695. The molecule has 3 nitrogen and oxygen atoms in total. The summed E-state index contributed by atoms with van der Waals surface area (Å²) in [6.45, 7) is 0. The molecule has 1 amide bonds. The molecule has 0 fully saturated rings. The van der Waals surface area contributed by atoms with Gasteiger partial charge < -0.3 is 4.74 Å². The maximum absolute atomic E-state index is 11.9. The fourth-order valence-corrected chi connectivity index (χ4v) is 2.28. The predicted molar refractivity (Wildman–Crippen MR) is 80.6 cm³/mol. The molecule has 1 aliphatic rings. The van der Waals surface area contributed by atoms with Crippen LogP contribution in [0.15, 0.2) is 48.5 Å². The molecule has 0 unspecified atom stereocenters. The van der Waals surface area contributed by atoms with Gasteiger partial charge in [0.2, 0.25) is 0 Å². The van der Waals surface area contributed by atoms with E-state index in [0.717, 1.165) is 16.8 Å². The minimum Gasteiger partial charge on any atom is -0.409 e. The van der Waals surface area contributed by atoms with Crippen molar-refractivity contribution in [2.75, 3.05) is 11.9 Å². The van der Waals surface area contributed by atoms with Gasteiger partial charge in [-0.25, -0.2) is 4.79 Å². The number of amides is 1. The fourth-order valence-electron chi connectivity index (χ4n) is 2.11. The topological polar surface area (TPSA) is 29.5 Å². The molecule has 0 aromatic heterocycles. The van der Waals surface area contributed by atoms with Crippen molar-refractivity contribution in [1.82, 2.24) is 0 Å². The van der Waals surface area contributed by atoms with E-state index in [4.69, 9.17) is 16.3 Å². The summed E-state index contributed by atoms with van der Waals surface area (Å²) in [5, 5.41) is 0.587. The van der Waals surface area contributed by atoms with Gasteiger partial charge in [-0.15, -0.1) is 0 Å². The van der Waals surface area contributed by atoms with Gasteiger partial charge in [0, 0.05) is 17.6 Å². The van der Waals surface area contributed by atoms with E-state index in [-0.39, 0.29) is 0 Å². The summed E-state index contributed by atoms with van der Waals surface area (Å²) < 4.78 is 5.37. The van der Waals surface area contributed by atoms with E-state index in [1.165, 1.54) is 4.90 Å². The van der Waals surface area contributed by atoms with Crippen LogP contribution in [0, 0.1) is 0 Å². The Balaban J connectivity index is 2.13. The van der Waals surface area contributed by atoms with Crippen molar-refractivity contribution in [3.8, 4) is 0 Å². The van der Waals surface area contributed by atoms with E-state index in [1.807, 2.05) is 42.5 Å². The van der Waals surface area contributed by atoms with E-state index in [2.05, 4.69) is 0 Å². The average molecular weight is 286 g/mol. The van der Waals surface area contributed by atoms with Crippen LogP contribution in [0.25, 0.3) is 11.8 Å². The lowest BCUT2D eigenvalue weighted by atomic mass is 10.1. The molecule has 0 radical (unpaired) electrons. The van der Waals surface area contributed by atoms with Crippen LogP contribution >= 0.6 is 11.6 Å². The maximum atomic E-state index is 11.9. The van der Waals surface area contributed by atoms with Gasteiger partial charge >= 0.3 is 6.09 Å². The lowest BCUT2D eigenvalue weighted by Gasteiger charge is -2.27. The predicted octanol–water partition coefficient (Wildman–Crippen LogP) is 4.42. The molecule has 1 heterocycles. The first-order valence-electron chi connectivity index (χ1n) is 6.17. The van der Waals surface area contributed by atoms with Crippen molar-refractivity contribution >= 4 is 35.2 Å². The monoisotopic (exact) mass is 285 g/mol. The molecule has 4 heteroatoms. The molecular weight excluding hydrogens is 274 g/mol. The van der Waals surface area contributed by atoms with Crippen LogP contribution in [-0.2, 0) is 4.74 Å². The number of cyclic esters (lactones) is 1. The normalized spacial score (nSPS) is 16.0. The molecule has 0 saturated carbocycles. The summed E-state index contributed by atoms with van der Waals surface area (Å²) in [6, 6.07) is 15.1. The molecule has 0 saturated heterocycles. The second-order valence-corrected chi connectivity index (χ2v) is 4.94. The summed E-state index contributed by atoms with van der Waals surface area (Å²) in [7, 11) is 1.66. The molecule has 2 aromatic carbocycles. The molecule has 0 spiro atoms. The standard InChI is InChI=1S/C16H12ClNO2/c1-18-14-10-12(17)7-8-13(14)15(20-16(18)19)9-11-5-3-2-4-6-11/h2-10H,1H3/b15-9-. The second-order valence-electron chi connectivity index (χ2n) is 4.51. The SMILES string of the molecule is CN1C(=O)O/C(=C\c2ccccc2)c2ccc(Cl)cc21. The number of ether oxygens (including phenoxy) is 1. The highest BCUT2D eigenvalue weighted by Crippen LogP contribution is 2.36. The summed E-state index contributed by atoms with van der Waals surface area (Å²) in [5.74, 6) is 0.533. The lowest BCUT2D eigenvalue weighted by Crippen LogP contribution is -2.31. The largest absolute Gasteiger partial charge is 0.419 e. The molecule has 2 aromatic rings. The van der Waals surface area contributed by atoms with E-state index < -0.39 is 6.09 Å². The Kier molecular flexibility index (Phi) is 3.20. The van der Waals surface area contributed by atoms with Crippen molar-refractivity contribution in [2.24, 2.45) is 0 Å². The van der Waals surface area contributed by atoms with Crippen molar-refractivity contribution in [3.05, 3.63) is 64.7 Å². The van der Waals surface area contributed by atoms with Gasteiger partial charge in [-0.05, 0) is 29.8 Å². The van der Waals surface area contributed by atoms with Gasteiger partial charge in [-0.3, -0.25) is 4.90 Å². The third-order valence-electron chi connectivity index (χ3n) is 3.16. The zero-order valence-electron chi connectivity index (χ0n) is 10.8. The van der Waals surface area contributed by atoms with Gasteiger partial charge in [0.1, 0.15) is 5.76 Å². The zero-order valence-corrected chi connectivity index (χ0v) is 11.6. The van der Waals surface area contributed by atoms with Crippen LogP contribution in [-0.4, -0.2) is 13.1 Å². The number of carbonyl (C=O) groups excluding carboxylic acids is 1. The third-order valence-corrected chi connectivity index (χ3v) is 3.39. The van der Waals surface area contributed by atoms with Crippen LogP contribution in [0.2, 0.25) is 5.02 Å². The van der Waals surface area contributed by atoms with Gasteiger partial charge in [-0.2, -0.15) is 0 Å². The van der Waals surface area contributed by atoms with E-state index in [9.17, 15) is 4.79 Å². The Morgan fingerprint density at radius 3 is 2.65 bits per heavy atom. The number of hydrogen-bond donors (Lipinski definition) is 0. The number of carbonyl (C=O) groups is 1. The van der Waals surface area contributed by atoms with Crippen LogP contribution in [0.5, 0.6) is 0 Å². The highest BCUT2D eigenvalue weighted by atomic mass is 35.5. The number of anilines is 1. The Hall–Kier alpha value is -2.26. The fraction of sp³-hybridized carbons (Fsp3) is 0.0625. The first-order valence-corrected chi connectivity index (χ1v) is 6.55. The molecule has 0 atom stereocenters. The number of hydrogen-bond acceptors (Lipinski definition) is 2. The molecule has 0 aliphatic carbocycles. The number of benzene rings is 2. The molecule has 3 rings (SSSR count). The van der Waals surface area contributed by atoms with Crippen LogP contribution < -0.4 is 4.90 Å². The van der Waals surface area contributed by atoms with Crippen LogP contribution in [0.1, 0.15) is 11.1 Å². The Labute approximate surface area is 122 Å². The van der Waals surface area contributed by atoms with Gasteiger partial charge in [-0.1, -0.05) is 41.9 Å². The smallest absolute Gasteiger partial charge is 0.409 e. The van der Waals surface area contributed by atoms with Crippen LogP contribution in [0.3, 0.4) is 0 Å². The minimum absolute atomic E-state index is 0.415. The second kappa shape index (κ2) is 5.02. The highest BCUT2D eigenvalue weighted by molar-refractivity contribution is 6.31. The highest BCUT2D eigenvalue weighted by Gasteiger charge is 2.26. The summed E-state index contributed by atoms with van der Waals surface area (Å²) in [5.41, 5.74) is 2.57. The summed E-state index contributed by atoms with van der Waals surface area (Å²) in [6.07, 6.45) is 1.43. The number of nitrogens with zero attached hydrogens (tertiary/aromatic N) is 1. The first-order chi connectivity index (χ1) is 9.65. The molecule has 0 bridgehead atoms. The van der Waals surface area contributed by atoms with Crippen molar-refractivity contribution in [2.45, 2.75) is 0 Å². The van der Waals surface area contributed by atoms with E-state index in [0.29, 0.717) is 10.8 Å². The molecule has 1 aliphatic heterocycles. The maximum Gasteiger partial charge on any atom is 0.419 e. The van der Waals surface area contributed by atoms with Crippen molar-refractivity contribution in [3.63, 3.8) is 0 Å². The number of halogens is 1. The van der Waals surface area contributed by atoms with Crippen molar-refractivity contribution in [1.29, 1.82) is 0 Å². The average Bonchev–Trinajstić information content (AvgIpc) is 2.45. The number of fused-ring (bicyclic) bond motifs is 1. The third kappa shape index (κ3) is 2.28. The van der Waals surface area contributed by atoms with Crippen LogP contribution in [0.4, 0.5) is 10.5 Å². The molecular formula is C16H12ClNO2. The lowest BCUT2D eigenvalue weighted by molar-refractivity contribution is 0.199. The molecule has 100 valence electrons. The van der Waals surface area contributed by atoms with Gasteiger partial charge in [0.05, 0.1) is 5.69 Å². The van der Waals surface area contributed by atoms with Gasteiger partial charge in [0.15, 0.2) is 0 Å². The Morgan fingerprint density at radius 2 is 1.90 bits per heavy atom. The van der Waals surface area contributed by atoms with E-state index >= 15 is 0 Å². The van der Waals surface area contributed by atoms with Crippen molar-refractivity contribution < 1.29 is 9.53 Å². The zero-order chi connectivity index (χ0) is 14.1. The summed E-state index contributed by atoms with van der Waals surface area (Å²) in [4.78, 5) is 13.3. The molecule has 0 N–H and O–H groups in total. The Morgan fingerprint density at radius 1 is 1.15 bits per heavy atom. The van der Waals surface area contributed by atoms with Gasteiger partial charge in [0.25, 0.3) is 0 Å². The first kappa shape index (κ1) is 12.8. The summed E-state index contributed by atoms with van der Waals surface area (Å²) >= 11 is 6.00. The quantitative estimate of drug-likeness (QED) is 0.776. The number of rotatable bonds is 1. The van der Waals surface area contributed by atoms with E-state index in [1.54, 1.807) is 19.2 Å².